The van der Waals surface area contributed by atoms with E-state index in [0.717, 1.165) is 36.3 Å². The van der Waals surface area contributed by atoms with Crippen molar-refractivity contribution < 1.29 is 14.3 Å². The van der Waals surface area contributed by atoms with E-state index >= 15 is 0 Å². The van der Waals surface area contributed by atoms with E-state index in [1.54, 1.807) is 12.0 Å². The molecule has 138 valence electrons. The predicted octanol–water partition coefficient (Wildman–Crippen LogP) is 0.785. The Hall–Kier alpha value is -2.54. The summed E-state index contributed by atoms with van der Waals surface area (Å²) in [6, 6.07) is 7.47. The normalized spacial score (nSPS) is 21.2. The number of carbonyl (C=O) groups is 2. The van der Waals surface area contributed by atoms with Crippen molar-refractivity contribution in [1.82, 2.24) is 19.3 Å². The van der Waals surface area contributed by atoms with Crippen LogP contribution in [0.2, 0.25) is 0 Å². The fourth-order valence-electron chi connectivity index (χ4n) is 3.97. The van der Waals surface area contributed by atoms with Crippen LogP contribution in [0.1, 0.15) is 10.5 Å². The van der Waals surface area contributed by atoms with E-state index in [-0.39, 0.29) is 17.9 Å². The lowest BCUT2D eigenvalue weighted by Crippen LogP contribution is -2.64. The quantitative estimate of drug-likeness (QED) is 0.798. The topological polar surface area (TPSA) is 58.0 Å². The minimum absolute atomic E-state index is 0.0247. The van der Waals surface area contributed by atoms with E-state index in [2.05, 4.69) is 4.90 Å². The molecule has 4 rings (SSSR count). The first-order valence-electron chi connectivity index (χ1n) is 8.91. The molecule has 7 heteroatoms. The van der Waals surface area contributed by atoms with E-state index in [1.165, 1.54) is 0 Å². The van der Waals surface area contributed by atoms with E-state index in [1.807, 2.05) is 47.8 Å². The van der Waals surface area contributed by atoms with Gasteiger partial charge in [-0.25, -0.2) is 0 Å². The lowest BCUT2D eigenvalue weighted by Gasteiger charge is -2.45. The van der Waals surface area contributed by atoms with Gasteiger partial charge in [0.1, 0.15) is 17.5 Å². The van der Waals surface area contributed by atoms with Crippen LogP contribution < -0.4 is 4.74 Å². The zero-order valence-corrected chi connectivity index (χ0v) is 15.4. The van der Waals surface area contributed by atoms with Crippen molar-refractivity contribution in [2.45, 2.75) is 6.04 Å². The number of carbonyl (C=O) groups excluding carboxylic acids is 2. The lowest BCUT2D eigenvalue weighted by molar-refractivity contribution is -0.142. The number of hydrogen-bond donors (Lipinski definition) is 0. The summed E-state index contributed by atoms with van der Waals surface area (Å²) < 4.78 is 7.19. The van der Waals surface area contributed by atoms with Gasteiger partial charge in [0.25, 0.3) is 5.91 Å². The van der Waals surface area contributed by atoms with Gasteiger partial charge in [-0.1, -0.05) is 0 Å². The van der Waals surface area contributed by atoms with Crippen molar-refractivity contribution in [1.29, 1.82) is 0 Å². The molecule has 1 atom stereocenters. The molecule has 0 radical (unpaired) electrons. The molecule has 2 aliphatic rings. The molecule has 0 spiro atoms. The maximum atomic E-state index is 13.1. The molecule has 7 nitrogen and oxygen atoms in total. The molecule has 2 aromatic rings. The first-order valence-corrected chi connectivity index (χ1v) is 8.91. The van der Waals surface area contributed by atoms with Crippen LogP contribution in [0.4, 0.5) is 0 Å². The van der Waals surface area contributed by atoms with Gasteiger partial charge in [0.05, 0.1) is 7.11 Å². The SMILES string of the molecule is COc1ccc2c(c1)cc(C(=O)N1CCN3CCN(C)C(=O)[C@H]3C1)n2C. The van der Waals surface area contributed by atoms with Gasteiger partial charge in [0, 0.05) is 57.7 Å². The van der Waals surface area contributed by atoms with Gasteiger partial charge < -0.3 is 19.1 Å². The Bertz CT molecular complexity index is 875. The highest BCUT2D eigenvalue weighted by molar-refractivity contribution is 5.99. The van der Waals surface area contributed by atoms with Gasteiger partial charge in [-0.2, -0.15) is 0 Å². The van der Waals surface area contributed by atoms with Gasteiger partial charge >= 0.3 is 0 Å². The Morgan fingerprint density at radius 2 is 1.88 bits per heavy atom. The standard InChI is InChI=1S/C19H24N4O3/c1-20-6-7-22-8-9-23(12-17(22)18(20)24)19(25)16-11-13-10-14(26-3)4-5-15(13)21(16)2/h4-5,10-11,17H,6-9,12H2,1-3H3/t17-/m1/s1. The molecular formula is C19H24N4O3. The van der Waals surface area contributed by atoms with Crippen LogP contribution in [-0.2, 0) is 11.8 Å². The minimum atomic E-state index is -0.221. The molecule has 0 unspecified atom stereocenters. The molecule has 2 fully saturated rings. The van der Waals surface area contributed by atoms with Crippen molar-refractivity contribution in [2.24, 2.45) is 7.05 Å². The Balaban J connectivity index is 1.60. The van der Waals surface area contributed by atoms with Crippen molar-refractivity contribution in [2.75, 3.05) is 46.9 Å². The minimum Gasteiger partial charge on any atom is -0.497 e. The second kappa shape index (κ2) is 6.32. The van der Waals surface area contributed by atoms with Crippen LogP contribution in [-0.4, -0.2) is 84.0 Å². The summed E-state index contributed by atoms with van der Waals surface area (Å²) in [6.45, 7) is 3.48. The fourth-order valence-corrected chi connectivity index (χ4v) is 3.97. The number of aromatic nitrogens is 1. The number of benzene rings is 1. The summed E-state index contributed by atoms with van der Waals surface area (Å²) in [5.74, 6) is 0.852. The van der Waals surface area contributed by atoms with Crippen LogP contribution in [0.15, 0.2) is 24.3 Å². The second-order valence-electron chi connectivity index (χ2n) is 7.08. The third-order valence-electron chi connectivity index (χ3n) is 5.63. The van der Waals surface area contributed by atoms with E-state index in [9.17, 15) is 9.59 Å². The van der Waals surface area contributed by atoms with Crippen LogP contribution in [0.5, 0.6) is 5.75 Å². The number of piperazine rings is 2. The van der Waals surface area contributed by atoms with Crippen molar-refractivity contribution in [3.8, 4) is 5.75 Å². The number of rotatable bonds is 2. The number of likely N-dealkylation sites (N-methyl/N-ethyl adjacent to an activating group) is 1. The monoisotopic (exact) mass is 356 g/mol. The summed E-state index contributed by atoms with van der Waals surface area (Å²) in [7, 11) is 5.36. The number of hydrogen-bond acceptors (Lipinski definition) is 4. The Labute approximate surface area is 152 Å². The molecular weight excluding hydrogens is 332 g/mol. The van der Waals surface area contributed by atoms with Crippen molar-refractivity contribution >= 4 is 22.7 Å². The Morgan fingerprint density at radius 3 is 2.65 bits per heavy atom. The number of nitrogens with zero attached hydrogens (tertiary/aromatic N) is 4. The lowest BCUT2D eigenvalue weighted by atomic mass is 10.1. The maximum absolute atomic E-state index is 13.1. The number of fused-ring (bicyclic) bond motifs is 2. The molecule has 2 aliphatic heterocycles. The number of amides is 2. The first kappa shape index (κ1) is 16.9. The van der Waals surface area contributed by atoms with Gasteiger partial charge in [0.2, 0.25) is 5.91 Å². The largest absolute Gasteiger partial charge is 0.497 e. The van der Waals surface area contributed by atoms with E-state index < -0.39 is 0 Å². The highest BCUT2D eigenvalue weighted by atomic mass is 16.5. The first-order chi connectivity index (χ1) is 12.5. The fraction of sp³-hybridized carbons (Fsp3) is 0.474. The van der Waals surface area contributed by atoms with Gasteiger partial charge in [-0.15, -0.1) is 0 Å². The molecule has 1 aromatic carbocycles. The van der Waals surface area contributed by atoms with E-state index in [4.69, 9.17) is 4.74 Å². The van der Waals surface area contributed by atoms with Crippen LogP contribution in [0.3, 0.4) is 0 Å². The third-order valence-corrected chi connectivity index (χ3v) is 5.63. The zero-order valence-electron chi connectivity index (χ0n) is 15.4. The molecule has 3 heterocycles. The van der Waals surface area contributed by atoms with Crippen LogP contribution in [0, 0.1) is 0 Å². The Morgan fingerprint density at radius 1 is 1.12 bits per heavy atom. The van der Waals surface area contributed by atoms with Gasteiger partial charge in [0.15, 0.2) is 0 Å². The summed E-state index contributed by atoms with van der Waals surface area (Å²) in [4.78, 5) is 31.4. The van der Waals surface area contributed by atoms with Gasteiger partial charge in [-0.3, -0.25) is 14.5 Å². The molecule has 26 heavy (non-hydrogen) atoms. The van der Waals surface area contributed by atoms with E-state index in [0.29, 0.717) is 18.8 Å². The maximum Gasteiger partial charge on any atom is 0.270 e. The average molecular weight is 356 g/mol. The molecule has 0 saturated carbocycles. The molecule has 0 aliphatic carbocycles. The number of ether oxygens (including phenoxy) is 1. The summed E-state index contributed by atoms with van der Waals surface area (Å²) in [5, 5.41) is 0.974. The number of aryl methyl sites for hydroxylation is 1. The molecule has 1 aromatic heterocycles. The second-order valence-corrected chi connectivity index (χ2v) is 7.08. The summed E-state index contributed by atoms with van der Waals surface area (Å²) >= 11 is 0. The van der Waals surface area contributed by atoms with Crippen LogP contribution >= 0.6 is 0 Å². The highest BCUT2D eigenvalue weighted by Crippen LogP contribution is 2.25. The molecule has 0 bridgehead atoms. The van der Waals surface area contributed by atoms with Gasteiger partial charge in [-0.05, 0) is 24.3 Å². The smallest absolute Gasteiger partial charge is 0.270 e. The van der Waals surface area contributed by atoms with Crippen molar-refractivity contribution in [3.05, 3.63) is 30.0 Å². The third kappa shape index (κ3) is 2.63. The Kier molecular flexibility index (Phi) is 4.11. The summed E-state index contributed by atoms with van der Waals surface area (Å²) in [5.41, 5.74) is 1.62. The molecule has 2 amide bonds. The van der Waals surface area contributed by atoms with Crippen molar-refractivity contribution in [3.63, 3.8) is 0 Å². The predicted molar refractivity (Wildman–Crippen MR) is 98.4 cm³/mol. The highest BCUT2D eigenvalue weighted by Gasteiger charge is 2.39. The molecule has 2 saturated heterocycles. The number of methoxy groups -OCH3 is 1. The zero-order chi connectivity index (χ0) is 18.4. The average Bonchev–Trinajstić information content (AvgIpc) is 3.00. The van der Waals surface area contributed by atoms with Crippen LogP contribution in [0.25, 0.3) is 10.9 Å². The molecule has 0 N–H and O–H groups in total. The summed E-state index contributed by atoms with van der Waals surface area (Å²) in [6.07, 6.45) is 0.